The van der Waals surface area contributed by atoms with Crippen molar-refractivity contribution in [3.63, 3.8) is 0 Å². The van der Waals surface area contributed by atoms with E-state index in [4.69, 9.17) is 10.5 Å². The molecule has 112 valence electrons. The highest BCUT2D eigenvalue weighted by molar-refractivity contribution is 5.92. The fourth-order valence-corrected chi connectivity index (χ4v) is 1.77. The van der Waals surface area contributed by atoms with Crippen molar-refractivity contribution >= 4 is 17.3 Å². The molecular formula is C13H17F3N2O2. The third-order valence-corrected chi connectivity index (χ3v) is 2.61. The summed E-state index contributed by atoms with van der Waals surface area (Å²) in [5.41, 5.74) is 4.09. The second-order valence-electron chi connectivity index (χ2n) is 4.62. The van der Waals surface area contributed by atoms with Crippen LogP contribution >= 0.6 is 0 Å². The number of methoxy groups -OCH3 is 1. The van der Waals surface area contributed by atoms with Gasteiger partial charge in [0.05, 0.1) is 11.3 Å². The quantitative estimate of drug-likeness (QED) is 0.819. The summed E-state index contributed by atoms with van der Waals surface area (Å²) in [4.78, 5) is 11.7. The second kappa shape index (κ2) is 6.60. The molecule has 1 amide bonds. The number of nitrogens with one attached hydrogen (secondary N) is 1. The number of amides is 1. The number of ether oxygens (including phenoxy) is 1. The summed E-state index contributed by atoms with van der Waals surface area (Å²) in [6.07, 6.45) is -4.49. The lowest BCUT2D eigenvalue weighted by Crippen LogP contribution is -2.20. The SMILES string of the molecule is COCC(C)CC(=O)Nc1ccc(N)cc1C(F)(F)F. The summed E-state index contributed by atoms with van der Waals surface area (Å²) < 4.78 is 43.4. The zero-order valence-corrected chi connectivity index (χ0v) is 11.3. The van der Waals surface area contributed by atoms with Crippen LogP contribution in [-0.4, -0.2) is 19.6 Å². The van der Waals surface area contributed by atoms with Gasteiger partial charge < -0.3 is 15.8 Å². The van der Waals surface area contributed by atoms with Crippen molar-refractivity contribution in [3.05, 3.63) is 23.8 Å². The Labute approximate surface area is 115 Å². The van der Waals surface area contributed by atoms with Crippen molar-refractivity contribution in [1.82, 2.24) is 0 Å². The fraction of sp³-hybridized carbons (Fsp3) is 0.462. The Morgan fingerprint density at radius 1 is 1.45 bits per heavy atom. The van der Waals surface area contributed by atoms with E-state index in [9.17, 15) is 18.0 Å². The molecule has 20 heavy (non-hydrogen) atoms. The molecule has 0 aliphatic heterocycles. The predicted molar refractivity (Wildman–Crippen MR) is 70.1 cm³/mol. The molecule has 1 aromatic rings. The number of hydrogen-bond donors (Lipinski definition) is 2. The molecule has 3 N–H and O–H groups in total. The third-order valence-electron chi connectivity index (χ3n) is 2.61. The van der Waals surface area contributed by atoms with Crippen LogP contribution in [0.3, 0.4) is 0 Å². The molecule has 0 aromatic heterocycles. The molecule has 4 nitrogen and oxygen atoms in total. The van der Waals surface area contributed by atoms with Gasteiger partial charge in [0.25, 0.3) is 0 Å². The minimum absolute atomic E-state index is 0.0110. The Morgan fingerprint density at radius 2 is 2.10 bits per heavy atom. The Morgan fingerprint density at radius 3 is 2.65 bits per heavy atom. The maximum Gasteiger partial charge on any atom is 0.418 e. The number of anilines is 2. The summed E-state index contributed by atoms with van der Waals surface area (Å²) in [5.74, 6) is -0.576. The monoisotopic (exact) mass is 290 g/mol. The van der Waals surface area contributed by atoms with Gasteiger partial charge in [-0.15, -0.1) is 0 Å². The van der Waals surface area contributed by atoms with Crippen molar-refractivity contribution in [2.24, 2.45) is 5.92 Å². The lowest BCUT2D eigenvalue weighted by atomic mass is 10.1. The van der Waals surface area contributed by atoms with Crippen molar-refractivity contribution in [2.45, 2.75) is 19.5 Å². The molecule has 7 heteroatoms. The number of benzene rings is 1. The first kappa shape index (κ1) is 16.3. The van der Waals surface area contributed by atoms with Crippen LogP contribution in [0.25, 0.3) is 0 Å². The number of nitrogen functional groups attached to an aromatic ring is 1. The number of carbonyl (C=O) groups is 1. The number of halogens is 3. The van der Waals surface area contributed by atoms with Crippen molar-refractivity contribution in [3.8, 4) is 0 Å². The fourth-order valence-electron chi connectivity index (χ4n) is 1.77. The molecule has 1 atom stereocenters. The third kappa shape index (κ3) is 4.73. The number of nitrogens with two attached hydrogens (primary N) is 1. The van der Waals surface area contributed by atoms with Gasteiger partial charge in [-0.05, 0) is 24.1 Å². The lowest BCUT2D eigenvalue weighted by molar-refractivity contribution is -0.136. The van der Waals surface area contributed by atoms with Crippen molar-refractivity contribution in [1.29, 1.82) is 0 Å². The number of alkyl halides is 3. The number of rotatable bonds is 5. The summed E-state index contributed by atoms with van der Waals surface area (Å²) in [6, 6.07) is 3.26. The molecular weight excluding hydrogens is 273 g/mol. The van der Waals surface area contributed by atoms with Crippen molar-refractivity contribution in [2.75, 3.05) is 24.8 Å². The Kier molecular flexibility index (Phi) is 5.38. The molecule has 0 spiro atoms. The van der Waals surface area contributed by atoms with Crippen LogP contribution < -0.4 is 11.1 Å². The summed E-state index contributed by atoms with van der Waals surface area (Å²) in [7, 11) is 1.50. The van der Waals surface area contributed by atoms with Gasteiger partial charge in [-0.1, -0.05) is 6.92 Å². The van der Waals surface area contributed by atoms with Crippen LogP contribution in [0.5, 0.6) is 0 Å². The van der Waals surface area contributed by atoms with E-state index in [0.29, 0.717) is 6.61 Å². The first-order valence-electron chi connectivity index (χ1n) is 5.99. The van der Waals surface area contributed by atoms with Crippen LogP contribution in [0, 0.1) is 5.92 Å². The van der Waals surface area contributed by atoms with Gasteiger partial charge in [-0.2, -0.15) is 13.2 Å². The molecule has 1 aromatic carbocycles. The molecule has 1 unspecified atom stereocenters. The average Bonchev–Trinajstić information content (AvgIpc) is 2.30. The van der Waals surface area contributed by atoms with Gasteiger partial charge in [0.1, 0.15) is 0 Å². The first-order chi connectivity index (χ1) is 9.24. The van der Waals surface area contributed by atoms with E-state index in [1.54, 1.807) is 6.92 Å². The average molecular weight is 290 g/mol. The molecule has 0 saturated heterocycles. The number of carbonyl (C=O) groups excluding carboxylic acids is 1. The first-order valence-corrected chi connectivity index (χ1v) is 5.99. The van der Waals surface area contributed by atoms with Crippen LogP contribution in [0.15, 0.2) is 18.2 Å². The molecule has 0 radical (unpaired) electrons. The number of hydrogen-bond acceptors (Lipinski definition) is 3. The van der Waals surface area contributed by atoms with E-state index >= 15 is 0 Å². The minimum atomic E-state index is -4.57. The van der Waals surface area contributed by atoms with E-state index in [0.717, 1.165) is 12.1 Å². The predicted octanol–water partition coefficient (Wildman–Crippen LogP) is 2.90. The van der Waals surface area contributed by atoms with Gasteiger partial charge in [-0.3, -0.25) is 4.79 Å². The van der Waals surface area contributed by atoms with E-state index in [1.165, 1.54) is 13.2 Å². The van der Waals surface area contributed by atoms with Crippen LogP contribution in [-0.2, 0) is 15.7 Å². The summed E-state index contributed by atoms with van der Waals surface area (Å²) in [6.45, 7) is 2.14. The maximum absolute atomic E-state index is 12.8. The topological polar surface area (TPSA) is 64.3 Å². The summed E-state index contributed by atoms with van der Waals surface area (Å²) >= 11 is 0. The molecule has 0 fully saturated rings. The minimum Gasteiger partial charge on any atom is -0.399 e. The highest BCUT2D eigenvalue weighted by atomic mass is 19.4. The van der Waals surface area contributed by atoms with Crippen LogP contribution in [0.2, 0.25) is 0 Å². The zero-order valence-electron chi connectivity index (χ0n) is 11.3. The second-order valence-corrected chi connectivity index (χ2v) is 4.62. The van der Waals surface area contributed by atoms with Gasteiger partial charge in [-0.25, -0.2) is 0 Å². The maximum atomic E-state index is 12.8. The zero-order chi connectivity index (χ0) is 15.3. The largest absolute Gasteiger partial charge is 0.418 e. The van der Waals surface area contributed by atoms with Crippen molar-refractivity contribution < 1.29 is 22.7 Å². The van der Waals surface area contributed by atoms with Gasteiger partial charge in [0, 0.05) is 25.8 Å². The molecule has 0 aliphatic carbocycles. The molecule has 0 saturated carbocycles. The van der Waals surface area contributed by atoms with E-state index in [-0.39, 0.29) is 23.7 Å². The molecule has 1 rings (SSSR count). The Hall–Kier alpha value is -1.76. The highest BCUT2D eigenvalue weighted by Gasteiger charge is 2.34. The summed E-state index contributed by atoms with van der Waals surface area (Å²) in [5, 5.41) is 2.26. The Balaban J connectivity index is 2.85. The normalized spacial score (nSPS) is 13.1. The van der Waals surface area contributed by atoms with Crippen LogP contribution in [0.4, 0.5) is 24.5 Å². The van der Waals surface area contributed by atoms with Gasteiger partial charge >= 0.3 is 6.18 Å². The van der Waals surface area contributed by atoms with E-state index in [1.807, 2.05) is 0 Å². The lowest BCUT2D eigenvalue weighted by Gasteiger charge is -2.15. The van der Waals surface area contributed by atoms with E-state index < -0.39 is 17.6 Å². The van der Waals surface area contributed by atoms with Crippen LogP contribution in [0.1, 0.15) is 18.9 Å². The standard InChI is InChI=1S/C13H17F3N2O2/c1-8(7-20-2)5-12(19)18-11-4-3-9(17)6-10(11)13(14,15)16/h3-4,6,8H,5,7,17H2,1-2H3,(H,18,19). The molecule has 0 bridgehead atoms. The van der Waals surface area contributed by atoms with Gasteiger partial charge in [0.2, 0.25) is 5.91 Å². The smallest absolute Gasteiger partial charge is 0.399 e. The molecule has 0 heterocycles. The Bertz CT molecular complexity index is 475. The van der Waals surface area contributed by atoms with Gasteiger partial charge in [0.15, 0.2) is 0 Å². The highest BCUT2D eigenvalue weighted by Crippen LogP contribution is 2.36. The molecule has 0 aliphatic rings. The van der Waals surface area contributed by atoms with E-state index in [2.05, 4.69) is 5.32 Å².